The van der Waals surface area contributed by atoms with Gasteiger partial charge < -0.3 is 10.1 Å². The second kappa shape index (κ2) is 7.84. The van der Waals surface area contributed by atoms with Gasteiger partial charge in [0.05, 0.1) is 5.69 Å². The fourth-order valence-electron chi connectivity index (χ4n) is 2.26. The number of ether oxygens (including phenoxy) is 1. The van der Waals surface area contributed by atoms with Crippen LogP contribution < -0.4 is 5.32 Å². The molecule has 0 radical (unpaired) electrons. The van der Waals surface area contributed by atoms with Gasteiger partial charge in [0.25, 0.3) is 0 Å². The third-order valence-corrected chi connectivity index (χ3v) is 3.38. The molecule has 0 bridgehead atoms. The average Bonchev–Trinajstić information content (AvgIpc) is 2.88. The van der Waals surface area contributed by atoms with Crippen molar-refractivity contribution in [1.82, 2.24) is 9.55 Å². The molecule has 0 aliphatic rings. The van der Waals surface area contributed by atoms with Crippen molar-refractivity contribution >= 4 is 5.95 Å². The molecule has 0 saturated carbocycles. The number of anilines is 1. The highest BCUT2D eigenvalue weighted by atomic mass is 16.5. The Hall–Kier alpha value is -1.81. The van der Waals surface area contributed by atoms with Crippen LogP contribution in [-0.4, -0.2) is 29.3 Å². The molecule has 0 unspecified atom stereocenters. The van der Waals surface area contributed by atoms with Gasteiger partial charge in [-0.3, -0.25) is 4.57 Å². The van der Waals surface area contributed by atoms with Crippen LogP contribution in [0.25, 0.3) is 5.69 Å². The Labute approximate surface area is 127 Å². The van der Waals surface area contributed by atoms with Gasteiger partial charge in [0.1, 0.15) is 0 Å². The molecular weight excluding hydrogens is 262 g/mol. The van der Waals surface area contributed by atoms with Crippen molar-refractivity contribution in [2.75, 3.05) is 25.1 Å². The van der Waals surface area contributed by atoms with E-state index in [1.807, 2.05) is 13.8 Å². The van der Waals surface area contributed by atoms with Crippen molar-refractivity contribution in [3.05, 3.63) is 41.7 Å². The molecule has 1 N–H and O–H groups in total. The second-order valence-corrected chi connectivity index (χ2v) is 5.08. The van der Waals surface area contributed by atoms with Crippen molar-refractivity contribution in [2.24, 2.45) is 0 Å². The molecule has 0 atom stereocenters. The number of rotatable bonds is 8. The second-order valence-electron chi connectivity index (χ2n) is 5.08. The van der Waals surface area contributed by atoms with E-state index in [1.165, 1.54) is 5.56 Å². The minimum Gasteiger partial charge on any atom is -0.382 e. The van der Waals surface area contributed by atoms with Crippen molar-refractivity contribution in [1.29, 1.82) is 0 Å². The topological polar surface area (TPSA) is 39.1 Å². The minimum absolute atomic E-state index is 0.775. The largest absolute Gasteiger partial charge is 0.382 e. The van der Waals surface area contributed by atoms with E-state index >= 15 is 0 Å². The van der Waals surface area contributed by atoms with Crippen molar-refractivity contribution in [2.45, 2.75) is 33.6 Å². The number of nitrogens with zero attached hydrogens (tertiary/aromatic N) is 2. The molecule has 0 fully saturated rings. The molecule has 1 aromatic heterocycles. The smallest absolute Gasteiger partial charge is 0.207 e. The van der Waals surface area contributed by atoms with Gasteiger partial charge in [-0.25, -0.2) is 4.98 Å². The molecule has 2 aromatic rings. The van der Waals surface area contributed by atoms with Gasteiger partial charge >= 0.3 is 0 Å². The molecule has 0 aliphatic heterocycles. The van der Waals surface area contributed by atoms with Gasteiger partial charge in [0, 0.05) is 31.6 Å². The van der Waals surface area contributed by atoms with E-state index in [4.69, 9.17) is 4.74 Å². The molecule has 4 heteroatoms. The molecule has 0 amide bonds. The quantitative estimate of drug-likeness (QED) is 0.754. The summed E-state index contributed by atoms with van der Waals surface area (Å²) < 4.78 is 7.47. The zero-order valence-corrected chi connectivity index (χ0v) is 13.2. The van der Waals surface area contributed by atoms with Gasteiger partial charge in [0.15, 0.2) is 0 Å². The summed E-state index contributed by atoms with van der Waals surface area (Å²) >= 11 is 0. The summed E-state index contributed by atoms with van der Waals surface area (Å²) in [5.74, 6) is 0.900. The maximum Gasteiger partial charge on any atom is 0.207 e. The van der Waals surface area contributed by atoms with Crippen LogP contribution in [0.15, 0.2) is 30.5 Å². The van der Waals surface area contributed by atoms with Crippen LogP contribution in [0.2, 0.25) is 0 Å². The lowest BCUT2D eigenvalue weighted by atomic mass is 10.1. The Morgan fingerprint density at radius 3 is 2.90 bits per heavy atom. The van der Waals surface area contributed by atoms with Crippen LogP contribution in [0.4, 0.5) is 5.95 Å². The normalized spacial score (nSPS) is 10.8. The average molecular weight is 287 g/mol. The first kappa shape index (κ1) is 15.6. The Bertz CT molecular complexity index is 563. The van der Waals surface area contributed by atoms with Crippen LogP contribution in [0.1, 0.15) is 31.5 Å². The molecular formula is C17H25N3O. The van der Waals surface area contributed by atoms with Crippen LogP contribution in [0.5, 0.6) is 0 Å². The molecule has 1 aromatic carbocycles. The number of aryl methyl sites for hydroxylation is 2. The SMILES string of the molecule is CCOCCCNc1nc(C)cn1-c1cccc(CC)c1. The van der Waals surface area contributed by atoms with Gasteiger partial charge in [0.2, 0.25) is 5.95 Å². The number of nitrogens with one attached hydrogen (secondary N) is 1. The molecule has 0 saturated heterocycles. The van der Waals surface area contributed by atoms with Gasteiger partial charge in [-0.05, 0) is 44.4 Å². The fraction of sp³-hybridized carbons (Fsp3) is 0.471. The summed E-state index contributed by atoms with van der Waals surface area (Å²) in [6, 6.07) is 8.59. The van der Waals surface area contributed by atoms with E-state index in [9.17, 15) is 0 Å². The van der Waals surface area contributed by atoms with Crippen molar-refractivity contribution in [3.8, 4) is 5.69 Å². The molecule has 21 heavy (non-hydrogen) atoms. The standard InChI is InChI=1S/C17H25N3O/c1-4-15-8-6-9-16(12-15)20-13-14(3)19-17(20)18-10-7-11-21-5-2/h6,8-9,12-13H,4-5,7,10-11H2,1-3H3,(H,18,19). The van der Waals surface area contributed by atoms with Gasteiger partial charge in [-0.1, -0.05) is 19.1 Å². The summed E-state index contributed by atoms with van der Waals surface area (Å²) in [6.07, 6.45) is 4.09. The first-order chi connectivity index (χ1) is 10.2. The maximum absolute atomic E-state index is 5.35. The van der Waals surface area contributed by atoms with Crippen LogP contribution in [0.3, 0.4) is 0 Å². The van der Waals surface area contributed by atoms with Crippen LogP contribution in [0, 0.1) is 6.92 Å². The van der Waals surface area contributed by atoms with E-state index in [0.717, 1.165) is 49.9 Å². The monoisotopic (exact) mass is 287 g/mol. The maximum atomic E-state index is 5.35. The Kier molecular flexibility index (Phi) is 5.81. The fourth-order valence-corrected chi connectivity index (χ4v) is 2.26. The van der Waals surface area contributed by atoms with E-state index in [-0.39, 0.29) is 0 Å². The minimum atomic E-state index is 0.775. The molecule has 0 spiro atoms. The van der Waals surface area contributed by atoms with E-state index in [2.05, 4.69) is 52.3 Å². The van der Waals surface area contributed by atoms with E-state index in [0.29, 0.717) is 0 Å². The Balaban J connectivity index is 2.08. The van der Waals surface area contributed by atoms with E-state index < -0.39 is 0 Å². The Morgan fingerprint density at radius 2 is 2.14 bits per heavy atom. The highest BCUT2D eigenvalue weighted by molar-refractivity contribution is 5.44. The number of aromatic nitrogens is 2. The predicted octanol–water partition coefficient (Wildman–Crippen LogP) is 3.58. The van der Waals surface area contributed by atoms with Gasteiger partial charge in [-0.2, -0.15) is 0 Å². The van der Waals surface area contributed by atoms with E-state index in [1.54, 1.807) is 0 Å². The molecule has 0 aliphatic carbocycles. The van der Waals surface area contributed by atoms with Crippen LogP contribution in [-0.2, 0) is 11.2 Å². The summed E-state index contributed by atoms with van der Waals surface area (Å²) in [4.78, 5) is 4.57. The zero-order chi connectivity index (χ0) is 15.1. The first-order valence-corrected chi connectivity index (χ1v) is 7.71. The molecule has 114 valence electrons. The zero-order valence-electron chi connectivity index (χ0n) is 13.2. The lowest BCUT2D eigenvalue weighted by Crippen LogP contribution is -2.10. The number of hydrogen-bond donors (Lipinski definition) is 1. The highest BCUT2D eigenvalue weighted by Crippen LogP contribution is 2.18. The number of benzene rings is 1. The summed E-state index contributed by atoms with van der Waals surface area (Å²) in [7, 11) is 0. The summed E-state index contributed by atoms with van der Waals surface area (Å²) in [6.45, 7) is 8.64. The number of hydrogen-bond acceptors (Lipinski definition) is 3. The third-order valence-electron chi connectivity index (χ3n) is 3.38. The number of imidazole rings is 1. The summed E-state index contributed by atoms with van der Waals surface area (Å²) in [5, 5.41) is 3.40. The molecule has 2 rings (SSSR count). The Morgan fingerprint density at radius 1 is 1.29 bits per heavy atom. The lowest BCUT2D eigenvalue weighted by molar-refractivity contribution is 0.147. The molecule has 4 nitrogen and oxygen atoms in total. The van der Waals surface area contributed by atoms with Crippen LogP contribution >= 0.6 is 0 Å². The predicted molar refractivity (Wildman–Crippen MR) is 87.3 cm³/mol. The molecule has 1 heterocycles. The summed E-state index contributed by atoms with van der Waals surface area (Å²) in [5.41, 5.74) is 3.51. The van der Waals surface area contributed by atoms with Crippen molar-refractivity contribution < 1.29 is 4.74 Å². The lowest BCUT2D eigenvalue weighted by Gasteiger charge is -2.10. The highest BCUT2D eigenvalue weighted by Gasteiger charge is 2.07. The van der Waals surface area contributed by atoms with Gasteiger partial charge in [-0.15, -0.1) is 0 Å². The van der Waals surface area contributed by atoms with Crippen molar-refractivity contribution in [3.63, 3.8) is 0 Å². The first-order valence-electron chi connectivity index (χ1n) is 7.71. The third kappa shape index (κ3) is 4.33.